The third-order valence-electron chi connectivity index (χ3n) is 3.36. The molecule has 1 N–H and O–H groups in total. The predicted molar refractivity (Wildman–Crippen MR) is 79.2 cm³/mol. The summed E-state index contributed by atoms with van der Waals surface area (Å²) in [6, 6.07) is 0. The number of hydrogen-bond donors (Lipinski definition) is 1. The number of allylic oxidation sites excluding steroid dienone is 3. The summed E-state index contributed by atoms with van der Waals surface area (Å²) in [5.41, 5.74) is 2.66. The number of carbonyl (C=O) groups excluding carboxylic acids is 1. The van der Waals surface area contributed by atoms with E-state index >= 15 is 0 Å². The van der Waals surface area contributed by atoms with E-state index in [9.17, 15) is 4.79 Å². The van der Waals surface area contributed by atoms with Crippen molar-refractivity contribution < 1.29 is 9.53 Å². The molecule has 108 valence electrons. The number of amides is 1. The number of ether oxygens (including phenoxy) is 1. The van der Waals surface area contributed by atoms with Crippen LogP contribution in [-0.4, -0.2) is 18.7 Å². The van der Waals surface area contributed by atoms with Crippen molar-refractivity contribution in [2.75, 3.05) is 6.54 Å². The van der Waals surface area contributed by atoms with E-state index in [4.69, 9.17) is 4.74 Å². The van der Waals surface area contributed by atoms with Gasteiger partial charge in [0.1, 0.15) is 6.10 Å². The van der Waals surface area contributed by atoms with Crippen molar-refractivity contribution in [1.82, 2.24) is 5.32 Å². The molecule has 0 aromatic rings. The molecule has 0 aliphatic heterocycles. The first kappa shape index (κ1) is 15.8. The minimum absolute atomic E-state index is 0.141. The van der Waals surface area contributed by atoms with Crippen molar-refractivity contribution >= 4 is 6.09 Å². The summed E-state index contributed by atoms with van der Waals surface area (Å²) < 4.78 is 5.32. The minimum Gasteiger partial charge on any atom is -0.446 e. The van der Waals surface area contributed by atoms with Gasteiger partial charge in [-0.3, -0.25) is 0 Å². The molecule has 0 bridgehead atoms. The molecule has 3 heteroatoms. The first-order valence-corrected chi connectivity index (χ1v) is 7.31. The number of nitrogens with one attached hydrogen (secondary N) is 1. The van der Waals surface area contributed by atoms with Crippen LogP contribution >= 0.6 is 0 Å². The van der Waals surface area contributed by atoms with E-state index in [0.717, 1.165) is 25.7 Å². The van der Waals surface area contributed by atoms with Crippen LogP contribution in [0.4, 0.5) is 4.79 Å². The van der Waals surface area contributed by atoms with Gasteiger partial charge in [0.25, 0.3) is 0 Å². The van der Waals surface area contributed by atoms with Crippen LogP contribution in [0.25, 0.3) is 0 Å². The maximum absolute atomic E-state index is 11.5. The standard InChI is InChI=1S/C16H27NO2/c1-13(2)7-6-8-14(3)11-12-17-16(18)19-15-9-4-5-10-15/h7,11,15H,4-6,8-10,12H2,1-3H3,(H,17,18)/b14-11+. The summed E-state index contributed by atoms with van der Waals surface area (Å²) in [6.07, 6.45) is 10.7. The quantitative estimate of drug-likeness (QED) is 0.725. The molecule has 0 spiro atoms. The van der Waals surface area contributed by atoms with Crippen molar-refractivity contribution in [3.63, 3.8) is 0 Å². The van der Waals surface area contributed by atoms with Gasteiger partial charge in [-0.1, -0.05) is 23.3 Å². The van der Waals surface area contributed by atoms with E-state index in [1.807, 2.05) is 0 Å². The normalized spacial score (nSPS) is 16.3. The third kappa shape index (κ3) is 7.70. The van der Waals surface area contributed by atoms with Gasteiger partial charge in [0.2, 0.25) is 0 Å². The number of alkyl carbamates (subject to hydrolysis) is 1. The highest BCUT2D eigenvalue weighted by Gasteiger charge is 2.18. The van der Waals surface area contributed by atoms with E-state index in [0.29, 0.717) is 6.54 Å². The lowest BCUT2D eigenvalue weighted by Gasteiger charge is -2.11. The van der Waals surface area contributed by atoms with E-state index in [1.54, 1.807) is 0 Å². The Balaban J connectivity index is 2.13. The lowest BCUT2D eigenvalue weighted by atomic mass is 10.1. The van der Waals surface area contributed by atoms with Crippen LogP contribution < -0.4 is 5.32 Å². The van der Waals surface area contributed by atoms with Crippen molar-refractivity contribution in [2.24, 2.45) is 0 Å². The Morgan fingerprint density at radius 2 is 1.89 bits per heavy atom. The zero-order valence-corrected chi connectivity index (χ0v) is 12.5. The van der Waals surface area contributed by atoms with Crippen LogP contribution in [0.5, 0.6) is 0 Å². The van der Waals surface area contributed by atoms with Gasteiger partial charge >= 0.3 is 6.09 Å². The maximum Gasteiger partial charge on any atom is 0.407 e. The van der Waals surface area contributed by atoms with Gasteiger partial charge in [-0.25, -0.2) is 4.79 Å². The summed E-state index contributed by atoms with van der Waals surface area (Å²) >= 11 is 0. The molecule has 1 saturated carbocycles. The largest absolute Gasteiger partial charge is 0.446 e. The fourth-order valence-corrected chi connectivity index (χ4v) is 2.20. The molecule has 1 fully saturated rings. The zero-order chi connectivity index (χ0) is 14.1. The highest BCUT2D eigenvalue weighted by molar-refractivity contribution is 5.67. The Kier molecular flexibility index (Phi) is 7.31. The van der Waals surface area contributed by atoms with Crippen molar-refractivity contribution in [3.8, 4) is 0 Å². The Morgan fingerprint density at radius 1 is 1.21 bits per heavy atom. The van der Waals surface area contributed by atoms with Gasteiger partial charge in [0.15, 0.2) is 0 Å². The molecule has 3 nitrogen and oxygen atoms in total. The van der Waals surface area contributed by atoms with Crippen LogP contribution in [0.2, 0.25) is 0 Å². The Morgan fingerprint density at radius 3 is 2.53 bits per heavy atom. The fourth-order valence-electron chi connectivity index (χ4n) is 2.20. The van der Waals surface area contributed by atoms with Crippen molar-refractivity contribution in [1.29, 1.82) is 0 Å². The third-order valence-corrected chi connectivity index (χ3v) is 3.36. The molecule has 1 rings (SSSR count). The smallest absolute Gasteiger partial charge is 0.407 e. The Hall–Kier alpha value is -1.25. The van der Waals surface area contributed by atoms with Crippen LogP contribution in [0, 0.1) is 0 Å². The Labute approximate surface area is 117 Å². The second kappa shape index (κ2) is 8.78. The van der Waals surface area contributed by atoms with E-state index in [-0.39, 0.29) is 12.2 Å². The molecule has 0 heterocycles. The van der Waals surface area contributed by atoms with Crippen LogP contribution in [-0.2, 0) is 4.74 Å². The van der Waals surface area contributed by atoms with Crippen LogP contribution in [0.15, 0.2) is 23.3 Å². The van der Waals surface area contributed by atoms with E-state index in [2.05, 4.69) is 38.2 Å². The van der Waals surface area contributed by atoms with Gasteiger partial charge in [-0.15, -0.1) is 0 Å². The molecule has 19 heavy (non-hydrogen) atoms. The van der Waals surface area contributed by atoms with Gasteiger partial charge in [-0.05, 0) is 59.3 Å². The topological polar surface area (TPSA) is 38.3 Å². The zero-order valence-electron chi connectivity index (χ0n) is 12.5. The first-order chi connectivity index (χ1) is 9.08. The molecule has 0 saturated heterocycles. The monoisotopic (exact) mass is 265 g/mol. The average molecular weight is 265 g/mol. The van der Waals surface area contributed by atoms with Gasteiger partial charge in [0, 0.05) is 6.54 Å². The fraction of sp³-hybridized carbons (Fsp3) is 0.688. The molecule has 0 atom stereocenters. The first-order valence-electron chi connectivity index (χ1n) is 7.31. The lowest BCUT2D eigenvalue weighted by Crippen LogP contribution is -2.28. The molecule has 0 aromatic heterocycles. The number of hydrogen-bond acceptors (Lipinski definition) is 2. The molecule has 1 aliphatic carbocycles. The highest BCUT2D eigenvalue weighted by Crippen LogP contribution is 2.20. The minimum atomic E-state index is -0.278. The number of carbonyl (C=O) groups is 1. The molecule has 0 radical (unpaired) electrons. The molecule has 1 aliphatic rings. The van der Waals surface area contributed by atoms with E-state index in [1.165, 1.54) is 24.0 Å². The van der Waals surface area contributed by atoms with Crippen LogP contribution in [0.3, 0.4) is 0 Å². The average Bonchev–Trinajstić information content (AvgIpc) is 2.81. The summed E-state index contributed by atoms with van der Waals surface area (Å²) in [4.78, 5) is 11.5. The van der Waals surface area contributed by atoms with Crippen LogP contribution in [0.1, 0.15) is 59.3 Å². The second-order valence-corrected chi connectivity index (χ2v) is 5.56. The molecule has 0 aromatic carbocycles. The predicted octanol–water partition coefficient (Wildman–Crippen LogP) is 4.35. The second-order valence-electron chi connectivity index (χ2n) is 5.56. The van der Waals surface area contributed by atoms with Crippen molar-refractivity contribution in [3.05, 3.63) is 23.3 Å². The summed E-state index contributed by atoms with van der Waals surface area (Å²) in [6.45, 7) is 6.88. The maximum atomic E-state index is 11.5. The van der Waals surface area contributed by atoms with Gasteiger partial charge in [-0.2, -0.15) is 0 Å². The van der Waals surface area contributed by atoms with E-state index < -0.39 is 0 Å². The van der Waals surface area contributed by atoms with Gasteiger partial charge < -0.3 is 10.1 Å². The summed E-state index contributed by atoms with van der Waals surface area (Å²) in [5.74, 6) is 0. The summed E-state index contributed by atoms with van der Waals surface area (Å²) in [7, 11) is 0. The molecular weight excluding hydrogens is 238 g/mol. The molecule has 1 amide bonds. The number of rotatable bonds is 6. The molecule has 0 unspecified atom stereocenters. The Bertz CT molecular complexity index is 335. The highest BCUT2D eigenvalue weighted by atomic mass is 16.6. The lowest BCUT2D eigenvalue weighted by molar-refractivity contribution is 0.102. The van der Waals surface area contributed by atoms with Crippen molar-refractivity contribution in [2.45, 2.75) is 65.4 Å². The molecular formula is C16H27NO2. The SMILES string of the molecule is CC(C)=CCC/C(C)=C/CNC(=O)OC1CCCC1. The summed E-state index contributed by atoms with van der Waals surface area (Å²) in [5, 5.41) is 2.79. The van der Waals surface area contributed by atoms with Gasteiger partial charge in [0.05, 0.1) is 0 Å².